The molecular weight excluding hydrogens is 463 g/mol. The topological polar surface area (TPSA) is 125 Å². The molecule has 0 saturated carbocycles. The fourth-order valence-electron chi connectivity index (χ4n) is 2.09. The van der Waals surface area contributed by atoms with Crippen molar-refractivity contribution in [2.24, 2.45) is 0 Å². The maximum absolute atomic E-state index is 11.6. The number of hydroxylamine groups is 2. The normalized spacial score (nSPS) is 13.7. The third-order valence-corrected chi connectivity index (χ3v) is 4.07. The molecule has 0 spiro atoms. The molecular formula is C15H15IN2O8. The molecule has 1 heterocycles. The van der Waals surface area contributed by atoms with E-state index in [0.29, 0.717) is 17.4 Å². The Morgan fingerprint density at radius 2 is 1.96 bits per heavy atom. The molecule has 1 aliphatic heterocycles. The van der Waals surface area contributed by atoms with Gasteiger partial charge in [-0.25, -0.2) is 4.79 Å². The van der Waals surface area contributed by atoms with Crippen molar-refractivity contribution in [3.63, 3.8) is 0 Å². The molecule has 11 heteroatoms. The minimum Gasteiger partial charge on any atom is -0.494 e. The molecule has 1 aromatic carbocycles. The van der Waals surface area contributed by atoms with E-state index in [-0.39, 0.29) is 24.1 Å². The van der Waals surface area contributed by atoms with Crippen molar-refractivity contribution in [2.75, 3.05) is 11.0 Å². The summed E-state index contributed by atoms with van der Waals surface area (Å²) in [6, 6.07) is 4.09. The van der Waals surface area contributed by atoms with Crippen LogP contribution in [-0.2, 0) is 25.8 Å². The Morgan fingerprint density at radius 1 is 1.27 bits per heavy atom. The zero-order valence-corrected chi connectivity index (χ0v) is 15.7. The zero-order valence-electron chi connectivity index (χ0n) is 13.5. The van der Waals surface area contributed by atoms with Gasteiger partial charge in [-0.15, -0.1) is 0 Å². The second-order valence-corrected chi connectivity index (χ2v) is 6.23. The number of hydrogen-bond acceptors (Lipinski definition) is 8. The van der Waals surface area contributed by atoms with Gasteiger partial charge in [0, 0.05) is 23.3 Å². The summed E-state index contributed by atoms with van der Waals surface area (Å²) >= 11 is 2.20. The fraction of sp³-hybridized carbons (Fsp3) is 0.400. The number of benzene rings is 1. The van der Waals surface area contributed by atoms with Crippen molar-refractivity contribution < 1.29 is 33.6 Å². The smallest absolute Gasteiger partial charge is 0.494 e. The Bertz CT molecular complexity index is 708. The molecule has 1 saturated heterocycles. The summed E-state index contributed by atoms with van der Waals surface area (Å²) in [6.07, 6.45) is -0.588. The molecule has 1 aliphatic rings. The SMILES string of the molecule is O=C(OCc1cc(OCCCI)ccc1[N+](=O)[O-])ON1C(=O)CCC1=O. The summed E-state index contributed by atoms with van der Waals surface area (Å²) in [5.41, 5.74) is -0.162. The summed E-state index contributed by atoms with van der Waals surface area (Å²) < 4.78 is 11.2. The second-order valence-electron chi connectivity index (χ2n) is 5.15. The van der Waals surface area contributed by atoms with Crippen LogP contribution in [0.2, 0.25) is 0 Å². The van der Waals surface area contributed by atoms with Crippen molar-refractivity contribution in [3.8, 4) is 5.75 Å². The zero-order chi connectivity index (χ0) is 19.1. The first-order valence-electron chi connectivity index (χ1n) is 7.59. The maximum atomic E-state index is 11.6. The number of nitrogens with zero attached hydrogens (tertiary/aromatic N) is 2. The van der Waals surface area contributed by atoms with Gasteiger partial charge in [0.2, 0.25) is 0 Å². The van der Waals surface area contributed by atoms with Crippen molar-refractivity contribution in [3.05, 3.63) is 33.9 Å². The third kappa shape index (κ3) is 5.28. The second kappa shape index (κ2) is 9.31. The Hall–Kier alpha value is -2.44. The molecule has 140 valence electrons. The minimum absolute atomic E-state index is 0.0474. The number of carbonyl (C=O) groups excluding carboxylic acids is 3. The molecule has 1 aromatic rings. The van der Waals surface area contributed by atoms with Gasteiger partial charge in [-0.3, -0.25) is 24.5 Å². The van der Waals surface area contributed by atoms with Crippen LogP contribution in [0.25, 0.3) is 0 Å². The van der Waals surface area contributed by atoms with Gasteiger partial charge in [0.25, 0.3) is 17.5 Å². The lowest BCUT2D eigenvalue weighted by molar-refractivity contribution is -0.385. The first-order chi connectivity index (χ1) is 12.4. The lowest BCUT2D eigenvalue weighted by Gasteiger charge is -2.13. The van der Waals surface area contributed by atoms with E-state index in [9.17, 15) is 24.5 Å². The summed E-state index contributed by atoms with van der Waals surface area (Å²) in [5, 5.41) is 11.4. The van der Waals surface area contributed by atoms with E-state index in [2.05, 4.69) is 27.4 Å². The molecule has 0 unspecified atom stereocenters. The molecule has 26 heavy (non-hydrogen) atoms. The van der Waals surface area contributed by atoms with Crippen molar-refractivity contribution >= 4 is 46.2 Å². The Kier molecular flexibility index (Phi) is 7.12. The number of carbonyl (C=O) groups is 3. The lowest BCUT2D eigenvalue weighted by Crippen LogP contribution is -2.32. The molecule has 1 fully saturated rings. The Morgan fingerprint density at radius 3 is 2.58 bits per heavy atom. The van der Waals surface area contributed by atoms with Gasteiger partial charge in [-0.1, -0.05) is 27.7 Å². The van der Waals surface area contributed by atoms with Crippen LogP contribution < -0.4 is 4.74 Å². The van der Waals surface area contributed by atoms with Crippen molar-refractivity contribution in [1.29, 1.82) is 0 Å². The van der Waals surface area contributed by atoms with Gasteiger partial charge in [-0.05, 0) is 18.6 Å². The number of nitro benzene ring substituents is 1. The number of alkyl halides is 1. The summed E-state index contributed by atoms with van der Waals surface area (Å²) in [4.78, 5) is 49.4. The van der Waals surface area contributed by atoms with E-state index in [0.717, 1.165) is 10.8 Å². The van der Waals surface area contributed by atoms with Crippen molar-refractivity contribution in [1.82, 2.24) is 5.06 Å². The lowest BCUT2D eigenvalue weighted by atomic mass is 10.2. The monoisotopic (exact) mass is 478 g/mol. The highest BCUT2D eigenvalue weighted by Gasteiger charge is 2.33. The third-order valence-electron chi connectivity index (χ3n) is 3.31. The van der Waals surface area contributed by atoms with E-state index in [1.165, 1.54) is 18.2 Å². The summed E-state index contributed by atoms with van der Waals surface area (Å²) in [7, 11) is 0. The van der Waals surface area contributed by atoms with E-state index < -0.39 is 29.5 Å². The highest BCUT2D eigenvalue weighted by atomic mass is 127. The van der Waals surface area contributed by atoms with Gasteiger partial charge in [-0.2, -0.15) is 0 Å². The Balaban J connectivity index is 2.00. The van der Waals surface area contributed by atoms with Crippen molar-refractivity contribution in [2.45, 2.75) is 25.9 Å². The molecule has 0 aromatic heterocycles. The maximum Gasteiger partial charge on any atom is 0.534 e. The largest absolute Gasteiger partial charge is 0.534 e. The van der Waals surface area contributed by atoms with Crippen LogP contribution in [0.15, 0.2) is 18.2 Å². The van der Waals surface area contributed by atoms with Crippen LogP contribution in [0, 0.1) is 10.1 Å². The van der Waals surface area contributed by atoms with Crippen LogP contribution in [0.4, 0.5) is 10.5 Å². The van der Waals surface area contributed by atoms with Gasteiger partial charge in [0.1, 0.15) is 12.4 Å². The quantitative estimate of drug-likeness (QED) is 0.106. The van der Waals surface area contributed by atoms with Crippen LogP contribution in [0.3, 0.4) is 0 Å². The van der Waals surface area contributed by atoms with E-state index in [1.54, 1.807) is 0 Å². The molecule has 2 rings (SSSR count). The minimum atomic E-state index is -1.31. The summed E-state index contributed by atoms with van der Waals surface area (Å²) in [5.74, 6) is -0.899. The predicted octanol–water partition coefficient (Wildman–Crippen LogP) is 2.52. The van der Waals surface area contributed by atoms with Gasteiger partial charge < -0.3 is 9.47 Å². The van der Waals surface area contributed by atoms with Crippen LogP contribution in [0.1, 0.15) is 24.8 Å². The molecule has 0 bridgehead atoms. The van der Waals surface area contributed by atoms with Gasteiger partial charge in [0.05, 0.1) is 17.1 Å². The first kappa shape index (κ1) is 19.9. The van der Waals surface area contributed by atoms with Gasteiger partial charge in [0.15, 0.2) is 0 Å². The van der Waals surface area contributed by atoms with Gasteiger partial charge >= 0.3 is 6.16 Å². The number of nitro groups is 1. The Labute approximate surface area is 161 Å². The standard InChI is InChI=1S/C15H15IN2O8/c16-6-1-7-24-11-2-3-12(18(22)23)10(8-11)9-25-15(21)26-17-13(19)4-5-14(17)20/h2-3,8H,1,4-7,9H2. The van der Waals surface area contributed by atoms with Crippen LogP contribution in [-0.4, -0.2) is 39.0 Å². The van der Waals surface area contributed by atoms with Crippen LogP contribution >= 0.6 is 22.6 Å². The number of hydrogen-bond donors (Lipinski definition) is 0. The molecule has 10 nitrogen and oxygen atoms in total. The van der Waals surface area contributed by atoms with E-state index in [4.69, 9.17) is 9.47 Å². The average molecular weight is 478 g/mol. The molecule has 0 aliphatic carbocycles. The summed E-state index contributed by atoms with van der Waals surface area (Å²) in [6.45, 7) is -0.0306. The van der Waals surface area contributed by atoms with E-state index >= 15 is 0 Å². The number of amides is 2. The number of rotatable bonds is 8. The number of imide groups is 1. The molecule has 0 atom stereocenters. The molecule has 0 N–H and O–H groups in total. The first-order valence-corrected chi connectivity index (χ1v) is 9.11. The molecule has 2 amide bonds. The number of ether oxygens (including phenoxy) is 2. The van der Waals surface area contributed by atoms with E-state index in [1.807, 2.05) is 0 Å². The highest BCUT2D eigenvalue weighted by Crippen LogP contribution is 2.25. The fourth-order valence-corrected chi connectivity index (χ4v) is 2.40. The number of halogens is 1. The average Bonchev–Trinajstić information content (AvgIpc) is 2.92. The predicted molar refractivity (Wildman–Crippen MR) is 94.5 cm³/mol. The molecule has 0 radical (unpaired) electrons. The van der Waals surface area contributed by atoms with Crippen LogP contribution in [0.5, 0.6) is 5.75 Å². The highest BCUT2D eigenvalue weighted by molar-refractivity contribution is 14.1.